The second-order valence-corrected chi connectivity index (χ2v) is 8.67. The van der Waals surface area contributed by atoms with Crippen LogP contribution in [0.1, 0.15) is 13.8 Å². The van der Waals surface area contributed by atoms with Gasteiger partial charge in [-0.05, 0) is 17.0 Å². The van der Waals surface area contributed by atoms with Gasteiger partial charge in [0, 0.05) is 19.8 Å². The molecule has 20 heteroatoms. The van der Waals surface area contributed by atoms with Gasteiger partial charge in [0.05, 0.1) is 18.8 Å². The largest absolute Gasteiger partial charge is 0.479 e. The smallest absolute Gasteiger partial charge is 0.397 e. The zero-order chi connectivity index (χ0) is 26.5. The zero-order valence-corrected chi connectivity index (χ0v) is 19.7. The molecule has 0 aromatic heterocycles. The highest BCUT2D eigenvalue weighted by molar-refractivity contribution is 7.80. The van der Waals surface area contributed by atoms with Crippen molar-refractivity contribution in [2.24, 2.45) is 0 Å². The molecule has 10 atom stereocenters. The molecule has 2 fully saturated rings. The monoisotopic (exact) mass is 555 g/mol. The molecular weight excluding hydrogens is 530 g/mol. The average Bonchev–Trinajstić information content (AvgIpc) is 2.75. The van der Waals surface area contributed by atoms with Crippen LogP contribution >= 0.6 is 12.9 Å². The third-order valence-corrected chi connectivity index (χ3v) is 5.50. The number of carboxylic acids is 1. The molecule has 0 radical (unpaired) electrons. The van der Waals surface area contributed by atoms with Crippen LogP contribution in [0.25, 0.3) is 0 Å². The van der Waals surface area contributed by atoms with Gasteiger partial charge in [0.25, 0.3) is 0 Å². The summed E-state index contributed by atoms with van der Waals surface area (Å²) in [5.41, 5.74) is 0. The van der Waals surface area contributed by atoms with Gasteiger partial charge in [0.1, 0.15) is 30.5 Å². The molecule has 6 N–H and O–H groups in total. The van der Waals surface area contributed by atoms with Crippen molar-refractivity contribution in [1.82, 2.24) is 5.32 Å². The molecule has 2 saturated heterocycles. The van der Waals surface area contributed by atoms with Crippen molar-refractivity contribution in [3.05, 3.63) is 0 Å². The van der Waals surface area contributed by atoms with Crippen molar-refractivity contribution >= 4 is 35.2 Å². The number of rotatable bonds is 11. The number of hydrogen-bond acceptors (Lipinski definition) is 16. The number of ether oxygens (including phenoxy) is 3. The number of carbonyl (C=O) groups is 2. The third kappa shape index (κ3) is 8.13. The Labute approximate surface area is 203 Å². The summed E-state index contributed by atoms with van der Waals surface area (Å²) in [6.07, 6.45) is -15.6. The summed E-state index contributed by atoms with van der Waals surface area (Å²) in [6, 6.07) is -1.16. The highest BCUT2D eigenvalue weighted by Gasteiger charge is 2.53. The number of thiol groups is 1. The molecule has 2 aliphatic rings. The van der Waals surface area contributed by atoms with Gasteiger partial charge in [-0.3, -0.25) is 9.35 Å². The molecular formula is C15H25NO17S2. The molecule has 204 valence electrons. The van der Waals surface area contributed by atoms with E-state index in [2.05, 4.69) is 36.8 Å². The number of hydrogen-bond donors (Lipinski definition) is 7. The van der Waals surface area contributed by atoms with Crippen molar-refractivity contribution in [2.75, 3.05) is 6.61 Å². The van der Waals surface area contributed by atoms with Crippen LogP contribution in [0.4, 0.5) is 0 Å². The van der Waals surface area contributed by atoms with Gasteiger partial charge >= 0.3 is 16.4 Å². The lowest BCUT2D eigenvalue weighted by Crippen LogP contribution is -2.68. The molecule has 2 heterocycles. The number of aliphatic hydroxyl groups excluding tert-OH is 3. The van der Waals surface area contributed by atoms with E-state index in [0.29, 0.717) is 0 Å². The van der Waals surface area contributed by atoms with Crippen molar-refractivity contribution in [3.63, 3.8) is 0 Å². The first-order valence-corrected chi connectivity index (χ1v) is 11.4. The van der Waals surface area contributed by atoms with Crippen LogP contribution in [0.5, 0.6) is 0 Å². The molecule has 35 heavy (non-hydrogen) atoms. The fraction of sp³-hybridized carbons (Fsp3) is 0.867. The summed E-state index contributed by atoms with van der Waals surface area (Å²) in [6.45, 7) is 1.66. The topological polar surface area (TPSA) is 255 Å². The maximum Gasteiger partial charge on any atom is 0.397 e. The molecule has 0 saturated carbocycles. The van der Waals surface area contributed by atoms with Gasteiger partial charge in [0.2, 0.25) is 5.91 Å². The third-order valence-electron chi connectivity index (χ3n) is 5.00. The second kappa shape index (κ2) is 12.8. The van der Waals surface area contributed by atoms with Crippen molar-refractivity contribution in [2.45, 2.75) is 75.0 Å². The standard InChI is InChI=1S/C15H25NO17S2/c1-4-7(16-5(2)17)12(28-15-10(20)8(18)9(19)13(29-15)14(21)22)11(30-31-32-33-34)6(27-4)3-26-35(23,24)25/h4,6-13,15,18-20,34H,3H2,1-2H3,(H,16,17)(H,21,22)(H,23,24,25)/t4-,6?,7?,8+,9+,10?,11-,12-,13?,15-/m1/s1. The molecule has 2 rings (SSSR count). The molecule has 0 bridgehead atoms. The van der Waals surface area contributed by atoms with Crippen LogP contribution in [-0.2, 0) is 57.7 Å². The number of carboxylic acid groups (broad SMARTS) is 1. The lowest BCUT2D eigenvalue weighted by atomic mass is 9.92. The highest BCUT2D eigenvalue weighted by Crippen LogP contribution is 2.31. The minimum Gasteiger partial charge on any atom is -0.479 e. The Morgan fingerprint density at radius 1 is 1.06 bits per heavy atom. The van der Waals surface area contributed by atoms with Crippen molar-refractivity contribution in [1.29, 1.82) is 0 Å². The van der Waals surface area contributed by atoms with E-state index in [1.165, 1.54) is 6.92 Å². The Bertz CT molecular complexity index is 828. The Morgan fingerprint density at radius 2 is 1.71 bits per heavy atom. The summed E-state index contributed by atoms with van der Waals surface area (Å²) < 4.78 is 55.5. The van der Waals surface area contributed by atoms with E-state index in [9.17, 15) is 38.4 Å². The van der Waals surface area contributed by atoms with Gasteiger partial charge in [0.15, 0.2) is 18.5 Å². The van der Waals surface area contributed by atoms with E-state index in [-0.39, 0.29) is 0 Å². The zero-order valence-electron chi connectivity index (χ0n) is 18.0. The van der Waals surface area contributed by atoms with E-state index in [4.69, 9.17) is 23.7 Å². The van der Waals surface area contributed by atoms with Gasteiger partial charge < -0.3 is 40.0 Å². The SMILES string of the molecule is CC(=O)NC1[C@@H](O[C@@H]2OC(C(=O)O)[C@@H](O)[C@H](O)C2O)[C@H](OOOOS)C(COS(=O)(=O)O)O[C@@H]1C. The second-order valence-electron chi connectivity index (χ2n) is 7.43. The van der Waals surface area contributed by atoms with E-state index in [1.54, 1.807) is 0 Å². The Kier molecular flexibility index (Phi) is 11.0. The molecule has 18 nitrogen and oxygen atoms in total. The van der Waals surface area contributed by atoms with Crippen LogP contribution in [0.15, 0.2) is 0 Å². The summed E-state index contributed by atoms with van der Waals surface area (Å²) in [5, 5.41) is 50.3. The van der Waals surface area contributed by atoms with Crippen LogP contribution in [0.3, 0.4) is 0 Å². The lowest BCUT2D eigenvalue weighted by molar-refractivity contribution is -0.620. The summed E-state index contributed by atoms with van der Waals surface area (Å²) >= 11 is 3.24. The van der Waals surface area contributed by atoms with Gasteiger partial charge in [-0.2, -0.15) is 13.3 Å². The maximum atomic E-state index is 11.8. The first kappa shape index (κ1) is 30.0. The molecule has 0 aromatic carbocycles. The number of carbonyl (C=O) groups excluding carboxylic acids is 1. The van der Waals surface area contributed by atoms with Crippen LogP contribution in [0, 0.1) is 0 Å². The molecule has 1 amide bonds. The minimum atomic E-state index is -4.95. The maximum absolute atomic E-state index is 11.8. The van der Waals surface area contributed by atoms with Crippen LogP contribution in [0.2, 0.25) is 0 Å². The average molecular weight is 555 g/mol. The molecule has 0 aromatic rings. The van der Waals surface area contributed by atoms with Crippen LogP contribution < -0.4 is 5.32 Å². The summed E-state index contributed by atoms with van der Waals surface area (Å²) in [4.78, 5) is 28.1. The summed E-state index contributed by atoms with van der Waals surface area (Å²) in [7, 11) is -4.95. The molecule has 2 aliphatic heterocycles. The number of aliphatic carboxylic acids is 1. The fourth-order valence-electron chi connectivity index (χ4n) is 3.51. The first-order valence-electron chi connectivity index (χ1n) is 9.69. The minimum absolute atomic E-state index is 0.606. The van der Waals surface area contributed by atoms with E-state index in [0.717, 1.165) is 6.92 Å². The number of nitrogens with one attached hydrogen (secondary N) is 1. The number of amides is 1. The molecule has 4 unspecified atom stereocenters. The van der Waals surface area contributed by atoms with E-state index in [1.807, 2.05) is 0 Å². The first-order chi connectivity index (χ1) is 16.3. The summed E-state index contributed by atoms with van der Waals surface area (Å²) in [5.74, 6) is -2.30. The molecule has 0 aliphatic carbocycles. The predicted octanol–water partition coefficient (Wildman–Crippen LogP) is -3.60. The van der Waals surface area contributed by atoms with Gasteiger partial charge in [-0.1, -0.05) is 0 Å². The lowest BCUT2D eigenvalue weighted by Gasteiger charge is -2.47. The quantitative estimate of drug-likeness (QED) is 0.0324. The van der Waals surface area contributed by atoms with Crippen molar-refractivity contribution in [3.8, 4) is 0 Å². The van der Waals surface area contributed by atoms with E-state index >= 15 is 0 Å². The Balaban J connectivity index is 2.40. The molecule has 0 spiro atoms. The Hall–Kier alpha value is -1.24. The van der Waals surface area contributed by atoms with Crippen LogP contribution in [-0.4, -0.2) is 113 Å². The number of aliphatic hydroxyl groups is 3. The fourth-order valence-corrected chi connectivity index (χ4v) is 3.85. The highest BCUT2D eigenvalue weighted by atomic mass is 32.3. The van der Waals surface area contributed by atoms with Gasteiger partial charge in [-0.25, -0.2) is 8.98 Å². The van der Waals surface area contributed by atoms with Gasteiger partial charge in [-0.15, -0.1) is 4.33 Å². The van der Waals surface area contributed by atoms with Crippen molar-refractivity contribution < 1.29 is 80.7 Å². The normalized spacial score (nSPS) is 38.1. The Morgan fingerprint density at radius 3 is 2.26 bits per heavy atom. The van der Waals surface area contributed by atoms with E-state index < -0.39 is 90.0 Å². The predicted molar refractivity (Wildman–Crippen MR) is 106 cm³/mol.